The zero-order valence-corrected chi connectivity index (χ0v) is 7.19. The van der Waals surface area contributed by atoms with Crippen molar-refractivity contribution in [3.63, 3.8) is 0 Å². The van der Waals surface area contributed by atoms with Gasteiger partial charge in [0.15, 0.2) is 6.04 Å². The van der Waals surface area contributed by atoms with Crippen LogP contribution < -0.4 is 0 Å². The van der Waals surface area contributed by atoms with Crippen LogP contribution in [0.1, 0.15) is 20.3 Å². The first-order valence-electron chi connectivity index (χ1n) is 3.94. The molecule has 12 heavy (non-hydrogen) atoms. The second-order valence-electron chi connectivity index (χ2n) is 3.25. The minimum Gasteiger partial charge on any atom is -0.479 e. The van der Waals surface area contributed by atoms with Crippen molar-refractivity contribution in [2.45, 2.75) is 26.3 Å². The molecule has 66 valence electrons. The van der Waals surface area contributed by atoms with Crippen LogP contribution in [-0.4, -0.2) is 17.1 Å². The Morgan fingerprint density at radius 1 is 1.75 bits per heavy atom. The lowest BCUT2D eigenvalue weighted by Crippen LogP contribution is -2.12. The molecule has 0 amide bonds. The molecule has 1 atom stereocenters. The first kappa shape index (κ1) is 8.90. The van der Waals surface area contributed by atoms with Crippen molar-refractivity contribution in [2.24, 2.45) is 16.1 Å². The maximum absolute atomic E-state index is 10.4. The Bertz CT molecular complexity index is 243. The summed E-state index contributed by atoms with van der Waals surface area (Å²) in [5, 5.41) is 16.0. The molecule has 0 bridgehead atoms. The van der Waals surface area contributed by atoms with Gasteiger partial charge < -0.3 is 5.11 Å². The molecule has 4 nitrogen and oxygen atoms in total. The van der Waals surface area contributed by atoms with Crippen LogP contribution in [0.15, 0.2) is 22.0 Å². The summed E-state index contributed by atoms with van der Waals surface area (Å²) in [6, 6.07) is -0.751. The molecule has 0 aliphatic carbocycles. The normalized spacial score (nSPS) is 21.6. The summed E-state index contributed by atoms with van der Waals surface area (Å²) < 4.78 is 0. The van der Waals surface area contributed by atoms with Crippen molar-refractivity contribution in [3.8, 4) is 0 Å². The molecule has 4 heteroatoms. The van der Waals surface area contributed by atoms with Gasteiger partial charge in [-0.2, -0.15) is 10.2 Å². The molecule has 0 aromatic carbocycles. The van der Waals surface area contributed by atoms with Crippen LogP contribution >= 0.6 is 0 Å². The van der Waals surface area contributed by atoms with Gasteiger partial charge in [0.25, 0.3) is 0 Å². The Balaban J connectivity index is 2.56. The van der Waals surface area contributed by atoms with Gasteiger partial charge in [-0.3, -0.25) is 0 Å². The van der Waals surface area contributed by atoms with E-state index in [2.05, 4.69) is 24.1 Å². The number of nitrogens with zero attached hydrogens (tertiary/aromatic N) is 2. The van der Waals surface area contributed by atoms with E-state index < -0.39 is 12.0 Å². The molecule has 0 aromatic heterocycles. The SMILES string of the molecule is CC(C)CC1=C[C@H](C(=O)O)N=N1. The lowest BCUT2D eigenvalue weighted by Gasteiger charge is -1.99. The molecule has 1 rings (SSSR count). The summed E-state index contributed by atoms with van der Waals surface area (Å²) >= 11 is 0. The van der Waals surface area contributed by atoms with Crippen molar-refractivity contribution in [1.29, 1.82) is 0 Å². The topological polar surface area (TPSA) is 62.0 Å². The first-order chi connectivity index (χ1) is 5.59. The summed E-state index contributed by atoms with van der Waals surface area (Å²) in [6.07, 6.45) is 2.40. The van der Waals surface area contributed by atoms with E-state index in [0.29, 0.717) is 5.92 Å². The molecule has 1 heterocycles. The fourth-order valence-electron chi connectivity index (χ4n) is 1.03. The molecule has 1 aliphatic heterocycles. The molecule has 0 aromatic rings. The van der Waals surface area contributed by atoms with Crippen molar-refractivity contribution in [1.82, 2.24) is 0 Å². The third kappa shape index (κ3) is 2.15. The second-order valence-corrected chi connectivity index (χ2v) is 3.25. The molecule has 0 unspecified atom stereocenters. The first-order valence-corrected chi connectivity index (χ1v) is 3.94. The summed E-state index contributed by atoms with van der Waals surface area (Å²) in [7, 11) is 0. The van der Waals surface area contributed by atoms with Crippen LogP contribution in [-0.2, 0) is 4.79 Å². The van der Waals surface area contributed by atoms with Crippen LogP contribution in [0.2, 0.25) is 0 Å². The van der Waals surface area contributed by atoms with E-state index in [0.717, 1.165) is 12.1 Å². The van der Waals surface area contributed by atoms with Crippen LogP contribution in [0.25, 0.3) is 0 Å². The van der Waals surface area contributed by atoms with Gasteiger partial charge in [-0.05, 0) is 18.4 Å². The Morgan fingerprint density at radius 3 is 2.83 bits per heavy atom. The summed E-state index contributed by atoms with van der Waals surface area (Å²) in [5.41, 5.74) is 0.789. The Labute approximate surface area is 71.0 Å². The predicted molar refractivity (Wildman–Crippen MR) is 43.8 cm³/mol. The average molecular weight is 168 g/mol. The fourth-order valence-corrected chi connectivity index (χ4v) is 1.03. The number of azo groups is 1. The number of allylic oxidation sites excluding steroid dienone is 1. The number of hydrogen-bond acceptors (Lipinski definition) is 3. The maximum Gasteiger partial charge on any atom is 0.334 e. The third-order valence-corrected chi connectivity index (χ3v) is 1.53. The van der Waals surface area contributed by atoms with Crippen LogP contribution in [0.5, 0.6) is 0 Å². The van der Waals surface area contributed by atoms with E-state index in [9.17, 15) is 4.79 Å². The highest BCUT2D eigenvalue weighted by atomic mass is 16.4. The zero-order chi connectivity index (χ0) is 9.14. The number of hydrogen-bond donors (Lipinski definition) is 1. The minimum atomic E-state index is -0.933. The second kappa shape index (κ2) is 3.47. The van der Waals surface area contributed by atoms with Crippen LogP contribution in [0.3, 0.4) is 0 Å². The van der Waals surface area contributed by atoms with E-state index in [1.54, 1.807) is 6.08 Å². The largest absolute Gasteiger partial charge is 0.479 e. The predicted octanol–water partition coefficient (Wildman–Crippen LogP) is 1.84. The summed E-state index contributed by atoms with van der Waals surface area (Å²) in [6.45, 7) is 4.12. The molecule has 0 saturated heterocycles. The monoisotopic (exact) mass is 168 g/mol. The summed E-state index contributed by atoms with van der Waals surface area (Å²) in [5.74, 6) is -0.444. The highest BCUT2D eigenvalue weighted by Gasteiger charge is 2.19. The number of rotatable bonds is 3. The highest BCUT2D eigenvalue weighted by Crippen LogP contribution is 2.19. The van der Waals surface area contributed by atoms with Gasteiger partial charge in [-0.1, -0.05) is 13.8 Å². The molecular weight excluding hydrogens is 156 g/mol. The van der Waals surface area contributed by atoms with Crippen molar-refractivity contribution < 1.29 is 9.90 Å². The van der Waals surface area contributed by atoms with Crippen molar-refractivity contribution in [2.75, 3.05) is 0 Å². The average Bonchev–Trinajstić information content (AvgIpc) is 2.34. The van der Waals surface area contributed by atoms with Gasteiger partial charge in [0.2, 0.25) is 0 Å². The smallest absolute Gasteiger partial charge is 0.334 e. The molecule has 0 radical (unpaired) electrons. The Morgan fingerprint density at radius 2 is 2.42 bits per heavy atom. The van der Waals surface area contributed by atoms with E-state index in [-0.39, 0.29) is 0 Å². The van der Waals surface area contributed by atoms with Crippen molar-refractivity contribution >= 4 is 5.97 Å². The number of carboxylic acid groups (broad SMARTS) is 1. The molecule has 1 N–H and O–H groups in total. The van der Waals surface area contributed by atoms with Gasteiger partial charge in [0.05, 0.1) is 5.70 Å². The number of aliphatic carboxylic acids is 1. The Hall–Kier alpha value is -1.19. The standard InChI is InChI=1S/C8H12N2O2/c1-5(2)3-6-4-7(8(11)12)10-9-6/h4-5,7H,3H2,1-2H3,(H,11,12)/t7-/m1/s1. The summed E-state index contributed by atoms with van der Waals surface area (Å²) in [4.78, 5) is 10.4. The van der Waals surface area contributed by atoms with E-state index in [1.165, 1.54) is 0 Å². The fraction of sp³-hybridized carbons (Fsp3) is 0.625. The number of carboxylic acids is 1. The Kier molecular flexibility index (Phi) is 2.58. The van der Waals surface area contributed by atoms with E-state index in [4.69, 9.17) is 5.11 Å². The van der Waals surface area contributed by atoms with Crippen molar-refractivity contribution in [3.05, 3.63) is 11.8 Å². The molecule has 0 fully saturated rings. The maximum atomic E-state index is 10.4. The molecule has 0 saturated carbocycles. The van der Waals surface area contributed by atoms with Gasteiger partial charge in [0, 0.05) is 0 Å². The van der Waals surface area contributed by atoms with Crippen LogP contribution in [0, 0.1) is 5.92 Å². The quantitative estimate of drug-likeness (QED) is 0.698. The zero-order valence-electron chi connectivity index (χ0n) is 7.19. The lowest BCUT2D eigenvalue weighted by molar-refractivity contribution is -0.137. The van der Waals surface area contributed by atoms with Gasteiger partial charge in [0.1, 0.15) is 0 Å². The molecule has 0 spiro atoms. The lowest BCUT2D eigenvalue weighted by atomic mass is 10.1. The molecular formula is C8H12N2O2. The third-order valence-electron chi connectivity index (χ3n) is 1.53. The highest BCUT2D eigenvalue weighted by molar-refractivity contribution is 5.76. The number of carbonyl (C=O) groups is 1. The molecule has 1 aliphatic rings. The van der Waals surface area contributed by atoms with Gasteiger partial charge in [-0.15, -0.1) is 0 Å². The minimum absolute atomic E-state index is 0.489. The van der Waals surface area contributed by atoms with E-state index >= 15 is 0 Å². The van der Waals surface area contributed by atoms with E-state index in [1.807, 2.05) is 0 Å². The van der Waals surface area contributed by atoms with Gasteiger partial charge in [-0.25, -0.2) is 4.79 Å². The van der Waals surface area contributed by atoms with Gasteiger partial charge >= 0.3 is 5.97 Å². The van der Waals surface area contributed by atoms with Crippen LogP contribution in [0.4, 0.5) is 0 Å².